The number of carbonyl (C=O) groups is 2. The van der Waals surface area contributed by atoms with Crippen LogP contribution < -0.4 is 15.4 Å². The van der Waals surface area contributed by atoms with Crippen LogP contribution >= 0.6 is 11.6 Å². The lowest BCUT2D eigenvalue weighted by Crippen LogP contribution is -2.17. The third-order valence-corrected chi connectivity index (χ3v) is 6.69. The third-order valence-electron chi connectivity index (χ3n) is 4.98. The van der Waals surface area contributed by atoms with Crippen molar-refractivity contribution in [1.29, 1.82) is 0 Å². The van der Waals surface area contributed by atoms with E-state index >= 15 is 0 Å². The molecule has 0 fully saturated rings. The molecule has 0 saturated carbocycles. The maximum absolute atomic E-state index is 12.9. The summed E-state index contributed by atoms with van der Waals surface area (Å²) in [5.41, 5.74) is 3.37. The molecular weight excluding hydrogens is 462 g/mol. The summed E-state index contributed by atoms with van der Waals surface area (Å²) in [5, 5.41) is 5.50. The van der Waals surface area contributed by atoms with E-state index in [1.165, 1.54) is 18.2 Å². The van der Waals surface area contributed by atoms with Gasteiger partial charge < -0.3 is 10.6 Å². The van der Waals surface area contributed by atoms with E-state index in [0.717, 1.165) is 11.1 Å². The van der Waals surface area contributed by atoms with Crippen molar-refractivity contribution < 1.29 is 18.0 Å². The zero-order valence-electron chi connectivity index (χ0n) is 18.4. The summed E-state index contributed by atoms with van der Waals surface area (Å²) in [5.74, 6) is -0.738. The Kier molecular flexibility index (Phi) is 7.40. The zero-order valence-corrected chi connectivity index (χ0v) is 20.0. The minimum Gasteiger partial charge on any atom is -0.326 e. The maximum atomic E-state index is 12.9. The molecule has 0 saturated heterocycles. The van der Waals surface area contributed by atoms with Crippen molar-refractivity contribution in [3.8, 4) is 0 Å². The second kappa shape index (κ2) is 10.1. The Morgan fingerprint density at radius 1 is 0.848 bits per heavy atom. The molecule has 0 bridgehead atoms. The molecule has 0 aromatic heterocycles. The summed E-state index contributed by atoms with van der Waals surface area (Å²) >= 11 is 6.19. The second-order valence-electron chi connectivity index (χ2n) is 7.48. The molecule has 3 aromatic carbocycles. The molecule has 33 heavy (non-hydrogen) atoms. The highest BCUT2D eigenvalue weighted by molar-refractivity contribution is 7.92. The van der Waals surface area contributed by atoms with Gasteiger partial charge in [-0.2, -0.15) is 0 Å². The minimum absolute atomic E-state index is 0.00243. The molecule has 172 valence electrons. The molecule has 0 aliphatic carbocycles. The molecule has 0 atom stereocenters. The molecule has 2 amide bonds. The van der Waals surface area contributed by atoms with Crippen LogP contribution in [0.25, 0.3) is 0 Å². The fourth-order valence-electron chi connectivity index (χ4n) is 2.99. The molecule has 7 nitrogen and oxygen atoms in total. The highest BCUT2D eigenvalue weighted by Gasteiger charge is 2.19. The number of rotatable bonds is 7. The van der Waals surface area contributed by atoms with Gasteiger partial charge in [-0.1, -0.05) is 30.7 Å². The second-order valence-corrected chi connectivity index (χ2v) is 9.57. The molecule has 0 aliphatic heterocycles. The fourth-order valence-corrected chi connectivity index (χ4v) is 4.27. The number of nitrogens with one attached hydrogen (secondary N) is 3. The average molecular weight is 486 g/mol. The monoisotopic (exact) mass is 485 g/mol. The number of anilines is 3. The van der Waals surface area contributed by atoms with Crippen molar-refractivity contribution in [2.24, 2.45) is 0 Å². The highest BCUT2D eigenvalue weighted by atomic mass is 35.5. The lowest BCUT2D eigenvalue weighted by molar-refractivity contribution is -0.115. The Bertz CT molecular complexity index is 1320. The predicted octanol–water partition coefficient (Wildman–Crippen LogP) is 5.36. The summed E-state index contributed by atoms with van der Waals surface area (Å²) < 4.78 is 28.3. The molecule has 9 heteroatoms. The van der Waals surface area contributed by atoms with Crippen LogP contribution in [-0.4, -0.2) is 20.2 Å². The highest BCUT2D eigenvalue weighted by Crippen LogP contribution is 2.25. The van der Waals surface area contributed by atoms with Crippen LogP contribution in [-0.2, 0) is 14.8 Å². The number of sulfonamides is 1. The van der Waals surface area contributed by atoms with Gasteiger partial charge >= 0.3 is 0 Å². The number of carbonyl (C=O) groups excluding carboxylic acids is 2. The summed E-state index contributed by atoms with van der Waals surface area (Å²) in [4.78, 5) is 24.3. The normalized spacial score (nSPS) is 11.0. The van der Waals surface area contributed by atoms with Gasteiger partial charge in [0.2, 0.25) is 5.91 Å². The van der Waals surface area contributed by atoms with Crippen LogP contribution in [0.4, 0.5) is 17.1 Å². The van der Waals surface area contributed by atoms with E-state index < -0.39 is 15.9 Å². The Labute approximate surface area is 198 Å². The van der Waals surface area contributed by atoms with Gasteiger partial charge in [0.05, 0.1) is 15.5 Å². The first-order valence-corrected chi connectivity index (χ1v) is 12.1. The van der Waals surface area contributed by atoms with Crippen molar-refractivity contribution in [1.82, 2.24) is 0 Å². The van der Waals surface area contributed by atoms with Crippen molar-refractivity contribution in [2.45, 2.75) is 32.1 Å². The van der Waals surface area contributed by atoms with Gasteiger partial charge in [-0.25, -0.2) is 8.42 Å². The largest absolute Gasteiger partial charge is 0.326 e. The van der Waals surface area contributed by atoms with E-state index in [-0.39, 0.29) is 21.4 Å². The Morgan fingerprint density at radius 3 is 2.21 bits per heavy atom. The van der Waals surface area contributed by atoms with Gasteiger partial charge in [-0.3, -0.25) is 14.3 Å². The molecule has 3 aromatic rings. The maximum Gasteiger partial charge on any atom is 0.261 e. The quantitative estimate of drug-likeness (QED) is 0.419. The number of hydrogen-bond acceptors (Lipinski definition) is 4. The molecule has 3 rings (SSSR count). The minimum atomic E-state index is -3.95. The Hall–Kier alpha value is -3.36. The van der Waals surface area contributed by atoms with Crippen molar-refractivity contribution in [2.75, 3.05) is 15.4 Å². The number of hydrogen-bond donors (Lipinski definition) is 3. The van der Waals surface area contributed by atoms with E-state index in [9.17, 15) is 18.0 Å². The molecule has 0 radical (unpaired) electrons. The molecule has 0 unspecified atom stereocenters. The Balaban J connectivity index is 1.83. The first kappa shape index (κ1) is 24.3. The molecule has 0 aliphatic rings. The lowest BCUT2D eigenvalue weighted by atomic mass is 10.1. The Morgan fingerprint density at radius 2 is 1.55 bits per heavy atom. The summed E-state index contributed by atoms with van der Waals surface area (Å²) in [6.07, 6.45) is 0.323. The van der Waals surface area contributed by atoms with Crippen molar-refractivity contribution in [3.05, 3.63) is 82.4 Å². The van der Waals surface area contributed by atoms with Gasteiger partial charge in [0.15, 0.2) is 0 Å². The summed E-state index contributed by atoms with van der Waals surface area (Å²) in [6.45, 7) is 5.56. The van der Waals surface area contributed by atoms with Crippen LogP contribution in [0.3, 0.4) is 0 Å². The fraction of sp³-hybridized carbons (Fsp3) is 0.167. The summed E-state index contributed by atoms with van der Waals surface area (Å²) in [7, 11) is -3.95. The van der Waals surface area contributed by atoms with E-state index in [2.05, 4.69) is 15.4 Å². The summed E-state index contributed by atoms with van der Waals surface area (Å²) in [6, 6.07) is 15.8. The lowest BCUT2D eigenvalue weighted by Gasteiger charge is -2.12. The van der Waals surface area contributed by atoms with Gasteiger partial charge in [0, 0.05) is 23.5 Å². The van der Waals surface area contributed by atoms with Crippen LogP contribution in [0.2, 0.25) is 5.02 Å². The van der Waals surface area contributed by atoms with E-state index in [0.29, 0.717) is 23.5 Å². The first-order chi connectivity index (χ1) is 15.6. The average Bonchev–Trinajstić information content (AvgIpc) is 2.76. The smallest absolute Gasteiger partial charge is 0.261 e. The molecule has 0 heterocycles. The van der Waals surface area contributed by atoms with Crippen LogP contribution in [0.15, 0.2) is 65.6 Å². The van der Waals surface area contributed by atoms with Crippen LogP contribution in [0.1, 0.15) is 34.8 Å². The van der Waals surface area contributed by atoms with Crippen molar-refractivity contribution in [3.63, 3.8) is 0 Å². The predicted molar refractivity (Wildman–Crippen MR) is 131 cm³/mol. The van der Waals surface area contributed by atoms with Gasteiger partial charge in [0.25, 0.3) is 15.9 Å². The third kappa shape index (κ3) is 6.12. The number of halogens is 1. The number of aryl methyl sites for hydroxylation is 2. The van der Waals surface area contributed by atoms with Crippen molar-refractivity contribution >= 4 is 50.5 Å². The van der Waals surface area contributed by atoms with E-state index in [1.54, 1.807) is 43.3 Å². The van der Waals surface area contributed by atoms with E-state index in [1.807, 2.05) is 19.9 Å². The van der Waals surface area contributed by atoms with Gasteiger partial charge in [-0.15, -0.1) is 0 Å². The van der Waals surface area contributed by atoms with Crippen LogP contribution in [0, 0.1) is 13.8 Å². The zero-order chi connectivity index (χ0) is 24.2. The molecule has 3 N–H and O–H groups in total. The first-order valence-electron chi connectivity index (χ1n) is 10.2. The molecule has 0 spiro atoms. The van der Waals surface area contributed by atoms with Crippen LogP contribution in [0.5, 0.6) is 0 Å². The van der Waals surface area contributed by atoms with Gasteiger partial charge in [-0.05, 0) is 73.5 Å². The SMILES string of the molecule is CCC(=O)Nc1cccc(NC(=O)c2cc(S(=O)(=O)Nc3ccc(C)c(C)c3)ccc2Cl)c1. The topological polar surface area (TPSA) is 104 Å². The number of amides is 2. The number of benzene rings is 3. The molecular formula is C24H24ClN3O4S. The van der Waals surface area contributed by atoms with Gasteiger partial charge in [0.1, 0.15) is 0 Å². The standard InChI is InChI=1S/C24H24ClN3O4S/c1-4-23(29)26-17-6-5-7-18(13-17)27-24(30)21-14-20(10-11-22(21)25)33(31,32)28-19-9-8-15(2)16(3)12-19/h5-14,28H,4H2,1-3H3,(H,26,29)(H,27,30). The van der Waals surface area contributed by atoms with E-state index in [4.69, 9.17) is 11.6 Å².